The highest BCUT2D eigenvalue weighted by Crippen LogP contribution is 2.20. The van der Waals surface area contributed by atoms with Gasteiger partial charge in [0.1, 0.15) is 17.9 Å². The average Bonchev–Trinajstić information content (AvgIpc) is 2.69. The monoisotopic (exact) mass is 356 g/mol. The molecule has 2 aromatic carbocycles. The highest BCUT2D eigenvalue weighted by Gasteiger charge is 2.15. The van der Waals surface area contributed by atoms with Gasteiger partial charge in [-0.1, -0.05) is 42.5 Å². The molecule has 0 bridgehead atoms. The minimum absolute atomic E-state index is 0.177. The SMILES string of the molecule is CNC(=O)CNC(=O)COC(=O)c1ccccc1OCc1ccccc1. The molecular weight excluding hydrogens is 336 g/mol. The lowest BCUT2D eigenvalue weighted by Gasteiger charge is -2.11. The maximum Gasteiger partial charge on any atom is 0.342 e. The first-order valence-corrected chi connectivity index (χ1v) is 8.00. The summed E-state index contributed by atoms with van der Waals surface area (Å²) < 4.78 is 10.7. The lowest BCUT2D eigenvalue weighted by molar-refractivity contribution is -0.127. The van der Waals surface area contributed by atoms with Gasteiger partial charge in [-0.05, 0) is 17.7 Å². The number of benzene rings is 2. The van der Waals surface area contributed by atoms with Crippen molar-refractivity contribution in [1.29, 1.82) is 0 Å². The standard InChI is InChI=1S/C19H20N2O5/c1-20-17(22)11-21-18(23)13-26-19(24)15-9-5-6-10-16(15)25-12-14-7-3-2-4-8-14/h2-10H,11-13H2,1H3,(H,20,22)(H,21,23). The molecule has 0 radical (unpaired) electrons. The van der Waals surface area contributed by atoms with Gasteiger partial charge in [-0.15, -0.1) is 0 Å². The van der Waals surface area contributed by atoms with Crippen LogP contribution in [0.3, 0.4) is 0 Å². The zero-order chi connectivity index (χ0) is 18.8. The Balaban J connectivity index is 1.90. The Morgan fingerprint density at radius 1 is 0.923 bits per heavy atom. The van der Waals surface area contributed by atoms with Crippen LogP contribution in [0.1, 0.15) is 15.9 Å². The molecule has 0 aliphatic heterocycles. The molecule has 136 valence electrons. The summed E-state index contributed by atoms with van der Waals surface area (Å²) in [5.74, 6) is -1.22. The van der Waals surface area contributed by atoms with Crippen LogP contribution in [0.4, 0.5) is 0 Å². The predicted octanol–water partition coefficient (Wildman–Crippen LogP) is 1.28. The first-order valence-electron chi connectivity index (χ1n) is 8.00. The number of carbonyl (C=O) groups excluding carboxylic acids is 3. The summed E-state index contributed by atoms with van der Waals surface area (Å²) in [4.78, 5) is 34.9. The van der Waals surface area contributed by atoms with E-state index in [4.69, 9.17) is 9.47 Å². The van der Waals surface area contributed by atoms with Crippen LogP contribution in [0.25, 0.3) is 0 Å². The molecule has 7 heteroatoms. The summed E-state index contributed by atoms with van der Waals surface area (Å²) >= 11 is 0. The van der Waals surface area contributed by atoms with Crippen LogP contribution in [0.2, 0.25) is 0 Å². The van der Waals surface area contributed by atoms with Gasteiger partial charge in [-0.25, -0.2) is 4.79 Å². The van der Waals surface area contributed by atoms with Crippen LogP contribution < -0.4 is 15.4 Å². The second kappa shape index (κ2) is 9.83. The molecule has 0 saturated heterocycles. The number of nitrogens with one attached hydrogen (secondary N) is 2. The quantitative estimate of drug-likeness (QED) is 0.695. The maximum atomic E-state index is 12.2. The third-order valence-electron chi connectivity index (χ3n) is 3.40. The van der Waals surface area contributed by atoms with Crippen molar-refractivity contribution in [3.63, 3.8) is 0 Å². The molecule has 0 heterocycles. The van der Waals surface area contributed by atoms with E-state index in [1.165, 1.54) is 7.05 Å². The summed E-state index contributed by atoms with van der Waals surface area (Å²) in [6.07, 6.45) is 0. The highest BCUT2D eigenvalue weighted by molar-refractivity contribution is 5.94. The minimum atomic E-state index is -0.677. The Labute approximate surface area is 151 Å². The smallest absolute Gasteiger partial charge is 0.342 e. The zero-order valence-electron chi connectivity index (χ0n) is 14.4. The number of rotatable bonds is 8. The van der Waals surface area contributed by atoms with Crippen molar-refractivity contribution in [2.45, 2.75) is 6.61 Å². The molecule has 0 aliphatic rings. The van der Waals surface area contributed by atoms with E-state index in [-0.39, 0.29) is 18.0 Å². The fourth-order valence-corrected chi connectivity index (χ4v) is 2.02. The Kier molecular flexibility index (Phi) is 7.17. The molecule has 2 N–H and O–H groups in total. The molecular formula is C19H20N2O5. The van der Waals surface area contributed by atoms with E-state index in [1.807, 2.05) is 30.3 Å². The van der Waals surface area contributed by atoms with E-state index in [9.17, 15) is 14.4 Å². The van der Waals surface area contributed by atoms with Gasteiger partial charge >= 0.3 is 5.97 Å². The fraction of sp³-hybridized carbons (Fsp3) is 0.211. The van der Waals surface area contributed by atoms with Crippen LogP contribution in [-0.2, 0) is 20.9 Å². The zero-order valence-corrected chi connectivity index (χ0v) is 14.4. The van der Waals surface area contributed by atoms with Crippen molar-refractivity contribution in [2.24, 2.45) is 0 Å². The van der Waals surface area contributed by atoms with E-state index in [0.717, 1.165) is 5.56 Å². The number of carbonyl (C=O) groups is 3. The maximum absolute atomic E-state index is 12.2. The Morgan fingerprint density at radius 3 is 2.35 bits per heavy atom. The van der Waals surface area contributed by atoms with Gasteiger partial charge in [0, 0.05) is 7.05 Å². The molecule has 26 heavy (non-hydrogen) atoms. The average molecular weight is 356 g/mol. The van der Waals surface area contributed by atoms with Crippen LogP contribution in [0.5, 0.6) is 5.75 Å². The second-order valence-corrected chi connectivity index (χ2v) is 5.30. The topological polar surface area (TPSA) is 93.7 Å². The largest absolute Gasteiger partial charge is 0.488 e. The molecule has 0 saturated carbocycles. The normalized spacial score (nSPS) is 9.88. The lowest BCUT2D eigenvalue weighted by Crippen LogP contribution is -2.37. The first-order chi connectivity index (χ1) is 12.6. The lowest BCUT2D eigenvalue weighted by atomic mass is 10.2. The van der Waals surface area contributed by atoms with Gasteiger partial charge in [-0.3, -0.25) is 9.59 Å². The van der Waals surface area contributed by atoms with Crippen LogP contribution in [0, 0.1) is 0 Å². The molecule has 0 aromatic heterocycles. The van der Waals surface area contributed by atoms with Crippen molar-refractivity contribution >= 4 is 17.8 Å². The number of para-hydroxylation sites is 1. The van der Waals surface area contributed by atoms with Gasteiger partial charge in [0.2, 0.25) is 5.91 Å². The van der Waals surface area contributed by atoms with Gasteiger partial charge in [0.25, 0.3) is 5.91 Å². The van der Waals surface area contributed by atoms with Crippen molar-refractivity contribution < 1.29 is 23.9 Å². The van der Waals surface area contributed by atoms with Crippen LogP contribution in [0.15, 0.2) is 54.6 Å². The number of likely N-dealkylation sites (N-methyl/N-ethyl adjacent to an activating group) is 1. The number of amides is 2. The second-order valence-electron chi connectivity index (χ2n) is 5.30. The Morgan fingerprint density at radius 2 is 1.62 bits per heavy atom. The van der Waals surface area contributed by atoms with Gasteiger partial charge < -0.3 is 20.1 Å². The van der Waals surface area contributed by atoms with Crippen molar-refractivity contribution in [3.05, 3.63) is 65.7 Å². The van der Waals surface area contributed by atoms with Crippen molar-refractivity contribution in [3.8, 4) is 5.75 Å². The molecule has 0 aliphatic carbocycles. The summed E-state index contributed by atoms with van der Waals surface area (Å²) in [6, 6.07) is 16.2. The van der Waals surface area contributed by atoms with E-state index in [1.54, 1.807) is 24.3 Å². The van der Waals surface area contributed by atoms with Gasteiger partial charge in [0.05, 0.1) is 6.54 Å². The first kappa shape index (κ1) is 19.0. The minimum Gasteiger partial charge on any atom is -0.488 e. The summed E-state index contributed by atoms with van der Waals surface area (Å²) in [5.41, 5.74) is 1.19. The Hall–Kier alpha value is -3.35. The molecule has 0 spiro atoms. The molecule has 2 aromatic rings. The molecule has 0 fully saturated rings. The van der Waals surface area contributed by atoms with E-state index in [2.05, 4.69) is 10.6 Å². The number of ether oxygens (including phenoxy) is 2. The molecule has 0 unspecified atom stereocenters. The summed E-state index contributed by atoms with van der Waals surface area (Å²) in [5, 5.41) is 4.71. The number of hydrogen-bond donors (Lipinski definition) is 2. The van der Waals surface area contributed by atoms with E-state index < -0.39 is 18.5 Å². The highest BCUT2D eigenvalue weighted by atomic mass is 16.5. The number of esters is 1. The van der Waals surface area contributed by atoms with Crippen LogP contribution >= 0.6 is 0 Å². The predicted molar refractivity (Wildman–Crippen MR) is 94.6 cm³/mol. The molecule has 2 rings (SSSR count). The Bertz CT molecular complexity index is 762. The van der Waals surface area contributed by atoms with E-state index >= 15 is 0 Å². The van der Waals surface area contributed by atoms with Crippen molar-refractivity contribution in [2.75, 3.05) is 20.2 Å². The van der Waals surface area contributed by atoms with Crippen molar-refractivity contribution in [1.82, 2.24) is 10.6 Å². The third-order valence-corrected chi connectivity index (χ3v) is 3.40. The summed E-state index contributed by atoms with van der Waals surface area (Å²) in [6.45, 7) is -0.357. The van der Waals surface area contributed by atoms with E-state index in [0.29, 0.717) is 12.4 Å². The third kappa shape index (κ3) is 5.94. The summed E-state index contributed by atoms with van der Waals surface area (Å²) in [7, 11) is 1.46. The molecule has 7 nitrogen and oxygen atoms in total. The van der Waals surface area contributed by atoms with Gasteiger partial charge in [0.15, 0.2) is 6.61 Å². The fourth-order valence-electron chi connectivity index (χ4n) is 2.02. The molecule has 0 atom stereocenters. The number of hydrogen-bond acceptors (Lipinski definition) is 5. The van der Waals surface area contributed by atoms with Gasteiger partial charge in [-0.2, -0.15) is 0 Å². The van der Waals surface area contributed by atoms with Crippen LogP contribution in [-0.4, -0.2) is 38.0 Å². The molecule has 2 amide bonds.